The van der Waals surface area contributed by atoms with Crippen LogP contribution in [0.4, 0.5) is 8.78 Å². The van der Waals surface area contributed by atoms with Crippen LogP contribution in [0.15, 0.2) is 42.7 Å². The second-order valence-corrected chi connectivity index (χ2v) is 5.66. The van der Waals surface area contributed by atoms with Crippen LogP contribution in [-0.4, -0.2) is 22.6 Å². The van der Waals surface area contributed by atoms with Gasteiger partial charge in [0.05, 0.1) is 30.5 Å². The largest absolute Gasteiger partial charge is 0.496 e. The number of benzene rings is 2. The number of fused-ring (bicyclic) bond motifs is 1. The van der Waals surface area contributed by atoms with Gasteiger partial charge in [0.2, 0.25) is 5.91 Å². The van der Waals surface area contributed by atoms with Crippen molar-refractivity contribution >= 4 is 16.9 Å². The predicted molar refractivity (Wildman–Crippen MR) is 89.2 cm³/mol. The monoisotopic (exact) mass is 345 g/mol. The lowest BCUT2D eigenvalue weighted by molar-refractivity contribution is -0.122. The molecule has 0 aliphatic carbocycles. The lowest BCUT2D eigenvalue weighted by Crippen LogP contribution is -2.30. The summed E-state index contributed by atoms with van der Waals surface area (Å²) < 4.78 is 33.4. The van der Waals surface area contributed by atoms with E-state index in [1.807, 2.05) is 31.2 Å². The van der Waals surface area contributed by atoms with Gasteiger partial charge in [-0.1, -0.05) is 18.2 Å². The molecule has 0 spiro atoms. The maximum Gasteiger partial charge on any atom is 0.240 e. The minimum Gasteiger partial charge on any atom is -0.496 e. The van der Waals surface area contributed by atoms with E-state index in [0.29, 0.717) is 16.8 Å². The van der Waals surface area contributed by atoms with Crippen LogP contribution >= 0.6 is 0 Å². The van der Waals surface area contributed by atoms with Crippen LogP contribution in [0.5, 0.6) is 5.75 Å². The molecule has 7 heteroatoms. The van der Waals surface area contributed by atoms with E-state index in [4.69, 9.17) is 4.74 Å². The van der Waals surface area contributed by atoms with Gasteiger partial charge in [0.15, 0.2) is 11.6 Å². The summed E-state index contributed by atoms with van der Waals surface area (Å²) in [5.41, 5.74) is 1.51. The quantitative estimate of drug-likeness (QED) is 0.773. The highest BCUT2D eigenvalue weighted by atomic mass is 19.2. The Hall–Kier alpha value is -2.96. The van der Waals surface area contributed by atoms with Gasteiger partial charge in [-0.15, -0.1) is 0 Å². The molecule has 5 nitrogen and oxygen atoms in total. The number of imidazole rings is 1. The highest BCUT2D eigenvalue weighted by molar-refractivity contribution is 5.81. The summed E-state index contributed by atoms with van der Waals surface area (Å²) in [6.07, 6.45) is 1.39. The number of carbonyl (C=O) groups is 1. The normalized spacial score (nSPS) is 12.2. The molecule has 2 aromatic carbocycles. The van der Waals surface area contributed by atoms with Crippen molar-refractivity contribution in [3.63, 3.8) is 0 Å². The minimum absolute atomic E-state index is 0.0545. The third-order valence-electron chi connectivity index (χ3n) is 3.96. The highest BCUT2D eigenvalue weighted by Gasteiger charge is 2.15. The molecule has 0 saturated carbocycles. The Morgan fingerprint density at radius 2 is 2.00 bits per heavy atom. The zero-order valence-electron chi connectivity index (χ0n) is 13.8. The van der Waals surface area contributed by atoms with Crippen LogP contribution in [0.3, 0.4) is 0 Å². The molecule has 1 aromatic heterocycles. The molecular formula is C18H17F2N3O2. The Kier molecular flexibility index (Phi) is 4.65. The molecule has 0 bridgehead atoms. The van der Waals surface area contributed by atoms with Gasteiger partial charge in [0, 0.05) is 17.7 Å². The number of hydrogen-bond acceptors (Lipinski definition) is 3. The van der Waals surface area contributed by atoms with E-state index in [9.17, 15) is 13.6 Å². The van der Waals surface area contributed by atoms with Crippen molar-refractivity contribution in [1.82, 2.24) is 14.9 Å². The van der Waals surface area contributed by atoms with Crippen LogP contribution < -0.4 is 10.1 Å². The summed E-state index contributed by atoms with van der Waals surface area (Å²) >= 11 is 0. The maximum atomic E-state index is 13.4. The molecule has 1 N–H and O–H groups in total. The van der Waals surface area contributed by atoms with Crippen LogP contribution in [-0.2, 0) is 11.3 Å². The number of aromatic nitrogens is 2. The first-order chi connectivity index (χ1) is 12.0. The second kappa shape index (κ2) is 6.88. The van der Waals surface area contributed by atoms with Crippen molar-refractivity contribution in [1.29, 1.82) is 0 Å². The summed E-state index contributed by atoms with van der Waals surface area (Å²) in [5.74, 6) is -1.53. The molecule has 130 valence electrons. The molecule has 1 heterocycles. The van der Waals surface area contributed by atoms with E-state index in [1.165, 1.54) is 10.9 Å². The predicted octanol–water partition coefficient (Wildman–Crippen LogP) is 3.20. The number of para-hydroxylation sites is 1. The first-order valence-corrected chi connectivity index (χ1v) is 7.71. The van der Waals surface area contributed by atoms with E-state index < -0.39 is 11.6 Å². The van der Waals surface area contributed by atoms with Crippen LogP contribution in [0.2, 0.25) is 0 Å². The molecule has 0 aliphatic rings. The summed E-state index contributed by atoms with van der Waals surface area (Å²) in [4.78, 5) is 16.3. The zero-order valence-corrected chi connectivity index (χ0v) is 13.8. The molecule has 0 radical (unpaired) electrons. The Balaban J connectivity index is 1.76. The van der Waals surface area contributed by atoms with Crippen molar-refractivity contribution in [3.05, 3.63) is 59.9 Å². The number of nitrogens with one attached hydrogen (secondary N) is 1. The first-order valence-electron chi connectivity index (χ1n) is 7.71. The van der Waals surface area contributed by atoms with Crippen molar-refractivity contribution in [2.75, 3.05) is 7.11 Å². The second-order valence-electron chi connectivity index (χ2n) is 5.66. The fourth-order valence-electron chi connectivity index (χ4n) is 2.72. The third-order valence-corrected chi connectivity index (χ3v) is 3.96. The zero-order chi connectivity index (χ0) is 18.0. The number of rotatable bonds is 5. The Morgan fingerprint density at radius 3 is 2.76 bits per heavy atom. The van der Waals surface area contributed by atoms with Crippen LogP contribution in [0, 0.1) is 11.6 Å². The van der Waals surface area contributed by atoms with E-state index >= 15 is 0 Å². The number of hydrogen-bond donors (Lipinski definition) is 1. The molecule has 25 heavy (non-hydrogen) atoms. The molecule has 0 aliphatic heterocycles. The van der Waals surface area contributed by atoms with E-state index in [2.05, 4.69) is 10.3 Å². The number of halogens is 2. The van der Waals surface area contributed by atoms with Crippen molar-refractivity contribution in [3.8, 4) is 5.75 Å². The molecule has 3 rings (SSSR count). The van der Waals surface area contributed by atoms with Crippen LogP contribution in [0.1, 0.15) is 18.5 Å². The Labute approximate surface area is 143 Å². The molecule has 1 atom stereocenters. The van der Waals surface area contributed by atoms with Crippen molar-refractivity contribution < 1.29 is 18.3 Å². The number of ether oxygens (including phenoxy) is 1. The average molecular weight is 345 g/mol. The van der Waals surface area contributed by atoms with Gasteiger partial charge >= 0.3 is 0 Å². The minimum atomic E-state index is -0.975. The molecule has 1 unspecified atom stereocenters. The SMILES string of the molecule is COc1ccccc1C(C)NC(=O)Cn1cnc2cc(F)c(F)cc21. The van der Waals surface area contributed by atoms with Gasteiger partial charge in [-0.2, -0.15) is 0 Å². The summed E-state index contributed by atoms with van der Waals surface area (Å²) in [6.45, 7) is 1.79. The number of nitrogens with zero attached hydrogens (tertiary/aromatic N) is 2. The van der Waals surface area contributed by atoms with Crippen molar-refractivity contribution in [2.45, 2.75) is 19.5 Å². The lowest BCUT2D eigenvalue weighted by Gasteiger charge is -2.17. The summed E-state index contributed by atoms with van der Waals surface area (Å²) in [5, 5.41) is 2.86. The molecule has 3 aromatic rings. The standard InChI is InChI=1S/C18H17F2N3O2/c1-11(12-5-3-4-6-17(12)25-2)22-18(24)9-23-10-21-15-7-13(19)14(20)8-16(15)23/h3-8,10-11H,9H2,1-2H3,(H,22,24). The molecule has 0 fully saturated rings. The highest BCUT2D eigenvalue weighted by Crippen LogP contribution is 2.24. The first kappa shape index (κ1) is 16.9. The van der Waals surface area contributed by atoms with E-state index in [0.717, 1.165) is 17.7 Å². The molecular weight excluding hydrogens is 328 g/mol. The van der Waals surface area contributed by atoms with Gasteiger partial charge < -0.3 is 14.6 Å². The lowest BCUT2D eigenvalue weighted by atomic mass is 10.1. The van der Waals surface area contributed by atoms with Crippen molar-refractivity contribution in [2.24, 2.45) is 0 Å². The van der Waals surface area contributed by atoms with Gasteiger partial charge in [-0.3, -0.25) is 4.79 Å². The summed E-state index contributed by atoms with van der Waals surface area (Å²) in [7, 11) is 1.57. The van der Waals surface area contributed by atoms with Gasteiger partial charge in [0.25, 0.3) is 0 Å². The van der Waals surface area contributed by atoms with Crippen LogP contribution in [0.25, 0.3) is 11.0 Å². The Morgan fingerprint density at radius 1 is 1.28 bits per heavy atom. The fraction of sp³-hybridized carbons (Fsp3) is 0.222. The van der Waals surface area contributed by atoms with E-state index in [1.54, 1.807) is 7.11 Å². The van der Waals surface area contributed by atoms with Gasteiger partial charge in [-0.05, 0) is 13.0 Å². The fourth-order valence-corrected chi connectivity index (χ4v) is 2.72. The molecule has 0 saturated heterocycles. The summed E-state index contributed by atoms with van der Waals surface area (Å²) in [6, 6.07) is 9.18. The van der Waals surface area contributed by atoms with Gasteiger partial charge in [0.1, 0.15) is 12.3 Å². The van der Waals surface area contributed by atoms with E-state index in [-0.39, 0.29) is 18.5 Å². The maximum absolute atomic E-state index is 13.4. The van der Waals surface area contributed by atoms with Gasteiger partial charge in [-0.25, -0.2) is 13.8 Å². The molecule has 1 amide bonds. The number of amides is 1. The average Bonchev–Trinajstić information content (AvgIpc) is 2.96. The number of methoxy groups -OCH3 is 1. The Bertz CT molecular complexity index is 924. The third kappa shape index (κ3) is 3.45. The topological polar surface area (TPSA) is 56.1 Å². The smallest absolute Gasteiger partial charge is 0.240 e. The number of carbonyl (C=O) groups excluding carboxylic acids is 1.